The first kappa shape index (κ1) is 19.2. The Balaban J connectivity index is 1.92. The fourth-order valence-corrected chi connectivity index (χ4v) is 3.69. The molecule has 0 aromatic heterocycles. The minimum atomic E-state index is -3.34. The van der Waals surface area contributed by atoms with Gasteiger partial charge in [0, 0.05) is 13.6 Å². The molecule has 1 aromatic rings. The SMILES string of the molecule is CNS(=O)(=O)NCCc1ccc(C2=CCC(C(C)(C)C)CC2)cc1. The van der Waals surface area contributed by atoms with Gasteiger partial charge in [-0.2, -0.15) is 8.42 Å². The summed E-state index contributed by atoms with van der Waals surface area (Å²) < 4.78 is 27.4. The van der Waals surface area contributed by atoms with Crippen LogP contribution in [0.25, 0.3) is 5.57 Å². The Morgan fingerprint density at radius 2 is 1.83 bits per heavy atom. The van der Waals surface area contributed by atoms with Crippen molar-refractivity contribution in [3.63, 3.8) is 0 Å². The molecule has 1 atom stereocenters. The van der Waals surface area contributed by atoms with E-state index in [2.05, 4.69) is 60.6 Å². The molecule has 0 heterocycles. The minimum Gasteiger partial charge on any atom is -0.205 e. The number of nitrogens with one attached hydrogen (secondary N) is 2. The minimum absolute atomic E-state index is 0.382. The molecule has 0 saturated heterocycles. The largest absolute Gasteiger partial charge is 0.276 e. The van der Waals surface area contributed by atoms with Gasteiger partial charge >= 0.3 is 0 Å². The number of allylic oxidation sites excluding steroid dienone is 2. The van der Waals surface area contributed by atoms with Crippen LogP contribution in [0.5, 0.6) is 0 Å². The normalized spacial score (nSPS) is 19.2. The Bertz CT molecular complexity index is 670. The molecule has 2 N–H and O–H groups in total. The third-order valence-corrected chi connectivity index (χ3v) is 6.06. The summed E-state index contributed by atoms with van der Waals surface area (Å²) >= 11 is 0. The van der Waals surface area contributed by atoms with Crippen LogP contribution in [0.1, 0.15) is 51.2 Å². The molecule has 4 nitrogen and oxygen atoms in total. The Kier molecular flexibility index (Phi) is 6.23. The second-order valence-electron chi connectivity index (χ2n) is 7.62. The number of benzene rings is 1. The smallest absolute Gasteiger partial charge is 0.205 e. The zero-order valence-corrected chi connectivity index (χ0v) is 16.0. The fourth-order valence-electron chi connectivity index (χ4n) is 3.17. The predicted octanol–water partition coefficient (Wildman–Crippen LogP) is 3.51. The van der Waals surface area contributed by atoms with Crippen LogP contribution in [0.4, 0.5) is 0 Å². The highest BCUT2D eigenvalue weighted by molar-refractivity contribution is 7.87. The van der Waals surface area contributed by atoms with E-state index in [1.54, 1.807) is 0 Å². The van der Waals surface area contributed by atoms with E-state index in [4.69, 9.17) is 0 Å². The molecule has 0 fully saturated rings. The van der Waals surface area contributed by atoms with Gasteiger partial charge in [0.1, 0.15) is 0 Å². The summed E-state index contributed by atoms with van der Waals surface area (Å²) in [5, 5.41) is 0. The highest BCUT2D eigenvalue weighted by atomic mass is 32.2. The van der Waals surface area contributed by atoms with E-state index in [0.29, 0.717) is 18.4 Å². The summed E-state index contributed by atoms with van der Waals surface area (Å²) in [4.78, 5) is 0. The molecule has 0 amide bonds. The molecule has 134 valence electrons. The van der Waals surface area contributed by atoms with Crippen LogP contribution >= 0.6 is 0 Å². The first-order valence-corrected chi connectivity index (χ1v) is 10.2. The Morgan fingerprint density at radius 3 is 2.33 bits per heavy atom. The fraction of sp³-hybridized carbons (Fsp3) is 0.579. The van der Waals surface area contributed by atoms with Gasteiger partial charge in [-0.1, -0.05) is 51.1 Å². The van der Waals surface area contributed by atoms with Crippen molar-refractivity contribution in [3.8, 4) is 0 Å². The van der Waals surface area contributed by atoms with Gasteiger partial charge in [-0.25, -0.2) is 9.44 Å². The van der Waals surface area contributed by atoms with Crippen molar-refractivity contribution in [2.24, 2.45) is 11.3 Å². The average molecular weight is 351 g/mol. The highest BCUT2D eigenvalue weighted by Crippen LogP contribution is 2.39. The Morgan fingerprint density at radius 1 is 1.17 bits per heavy atom. The summed E-state index contributed by atoms with van der Waals surface area (Å²) in [5.41, 5.74) is 4.26. The van der Waals surface area contributed by atoms with Crippen molar-refractivity contribution >= 4 is 15.8 Å². The second-order valence-corrected chi connectivity index (χ2v) is 9.32. The van der Waals surface area contributed by atoms with Gasteiger partial charge < -0.3 is 0 Å². The molecule has 0 saturated carbocycles. The van der Waals surface area contributed by atoms with Crippen LogP contribution in [0.15, 0.2) is 30.3 Å². The maximum Gasteiger partial charge on any atom is 0.276 e. The molecule has 0 radical (unpaired) electrons. The Labute approximate surface area is 146 Å². The van der Waals surface area contributed by atoms with Gasteiger partial charge in [0.25, 0.3) is 10.2 Å². The van der Waals surface area contributed by atoms with E-state index in [1.165, 1.54) is 24.6 Å². The predicted molar refractivity (Wildman–Crippen MR) is 101 cm³/mol. The lowest BCUT2D eigenvalue weighted by Crippen LogP contribution is -2.35. The first-order chi connectivity index (χ1) is 11.2. The summed E-state index contributed by atoms with van der Waals surface area (Å²) in [7, 11) is -1.94. The van der Waals surface area contributed by atoms with Gasteiger partial charge in [-0.3, -0.25) is 0 Å². The van der Waals surface area contributed by atoms with Crippen molar-refractivity contribution in [1.82, 2.24) is 9.44 Å². The molecular formula is C19H30N2O2S. The zero-order valence-electron chi connectivity index (χ0n) is 15.2. The van der Waals surface area contributed by atoms with E-state index in [-0.39, 0.29) is 0 Å². The lowest BCUT2D eigenvalue weighted by molar-refractivity contribution is 0.225. The lowest BCUT2D eigenvalue weighted by atomic mass is 9.72. The number of hydrogen-bond acceptors (Lipinski definition) is 2. The number of hydrogen-bond donors (Lipinski definition) is 2. The molecule has 5 heteroatoms. The van der Waals surface area contributed by atoms with Crippen molar-refractivity contribution in [2.75, 3.05) is 13.6 Å². The average Bonchev–Trinajstić information content (AvgIpc) is 2.55. The standard InChI is InChI=1S/C19H30N2O2S/c1-19(2,3)18-11-9-17(10-12-18)16-7-5-15(6-8-16)13-14-21-24(22,23)20-4/h5-9,18,20-21H,10-14H2,1-4H3. The third kappa shape index (κ3) is 5.43. The zero-order chi connectivity index (χ0) is 17.8. The van der Waals surface area contributed by atoms with Crippen molar-refractivity contribution < 1.29 is 8.42 Å². The molecule has 1 aromatic carbocycles. The van der Waals surface area contributed by atoms with Gasteiger partial charge in [0.15, 0.2) is 0 Å². The van der Waals surface area contributed by atoms with E-state index < -0.39 is 10.2 Å². The van der Waals surface area contributed by atoms with Crippen molar-refractivity contribution in [2.45, 2.75) is 46.5 Å². The maximum atomic E-state index is 11.3. The maximum absolute atomic E-state index is 11.3. The molecule has 0 bridgehead atoms. The second kappa shape index (κ2) is 7.81. The van der Waals surface area contributed by atoms with Crippen LogP contribution in [-0.2, 0) is 16.6 Å². The molecule has 1 aliphatic carbocycles. The van der Waals surface area contributed by atoms with Crippen LogP contribution in [0.3, 0.4) is 0 Å². The Hall–Kier alpha value is -1.17. The van der Waals surface area contributed by atoms with Gasteiger partial charge in [0.2, 0.25) is 0 Å². The topological polar surface area (TPSA) is 58.2 Å². The molecular weight excluding hydrogens is 320 g/mol. The lowest BCUT2D eigenvalue weighted by Gasteiger charge is -2.33. The third-order valence-electron chi connectivity index (χ3n) is 4.93. The summed E-state index contributed by atoms with van der Waals surface area (Å²) in [6.45, 7) is 7.38. The summed E-state index contributed by atoms with van der Waals surface area (Å²) in [5.74, 6) is 0.765. The highest BCUT2D eigenvalue weighted by Gasteiger charge is 2.26. The van der Waals surface area contributed by atoms with E-state index in [0.717, 1.165) is 24.3 Å². The summed E-state index contributed by atoms with van der Waals surface area (Å²) in [6, 6.07) is 8.51. The molecule has 24 heavy (non-hydrogen) atoms. The van der Waals surface area contributed by atoms with E-state index in [9.17, 15) is 8.42 Å². The summed E-state index contributed by atoms with van der Waals surface area (Å²) in [6.07, 6.45) is 6.64. The van der Waals surface area contributed by atoms with Gasteiger partial charge in [-0.05, 0) is 53.7 Å². The van der Waals surface area contributed by atoms with E-state index >= 15 is 0 Å². The van der Waals surface area contributed by atoms with Gasteiger partial charge in [-0.15, -0.1) is 0 Å². The van der Waals surface area contributed by atoms with Gasteiger partial charge in [0.05, 0.1) is 0 Å². The molecule has 0 aliphatic heterocycles. The molecule has 1 unspecified atom stereocenters. The molecule has 2 rings (SSSR count). The molecule has 1 aliphatic rings. The van der Waals surface area contributed by atoms with Crippen LogP contribution < -0.4 is 9.44 Å². The van der Waals surface area contributed by atoms with Crippen LogP contribution in [0, 0.1) is 11.3 Å². The monoisotopic (exact) mass is 350 g/mol. The van der Waals surface area contributed by atoms with Crippen LogP contribution in [-0.4, -0.2) is 22.0 Å². The van der Waals surface area contributed by atoms with E-state index in [1.807, 2.05) is 0 Å². The first-order valence-electron chi connectivity index (χ1n) is 8.68. The van der Waals surface area contributed by atoms with Crippen molar-refractivity contribution in [3.05, 3.63) is 41.5 Å². The number of rotatable bonds is 6. The quantitative estimate of drug-likeness (QED) is 0.825. The molecule has 0 spiro atoms. The van der Waals surface area contributed by atoms with Crippen molar-refractivity contribution in [1.29, 1.82) is 0 Å². The van der Waals surface area contributed by atoms with Crippen LogP contribution in [0.2, 0.25) is 0 Å².